The third kappa shape index (κ3) is 4.79. The second-order valence-corrected chi connectivity index (χ2v) is 7.58. The second kappa shape index (κ2) is 9.40. The van der Waals surface area contributed by atoms with Gasteiger partial charge in [0.1, 0.15) is 17.6 Å². The van der Waals surface area contributed by atoms with E-state index in [1.54, 1.807) is 0 Å². The molecule has 0 saturated carbocycles. The van der Waals surface area contributed by atoms with Crippen LogP contribution in [0.15, 0.2) is 18.2 Å². The average molecular weight is 360 g/mol. The molecule has 4 nitrogen and oxygen atoms in total. The van der Waals surface area contributed by atoms with Gasteiger partial charge in [-0.2, -0.15) is 0 Å². The first kappa shape index (κ1) is 19.2. The quantitative estimate of drug-likeness (QED) is 0.572. The van der Waals surface area contributed by atoms with Crippen LogP contribution in [0.3, 0.4) is 0 Å². The van der Waals surface area contributed by atoms with Gasteiger partial charge in [0.2, 0.25) is 0 Å². The molecule has 1 aromatic rings. The number of unbranched alkanes of at least 4 members (excludes halogenated alkanes) is 4. The maximum atomic E-state index is 12.7. The molecule has 3 rings (SSSR count). The van der Waals surface area contributed by atoms with Gasteiger partial charge in [0.25, 0.3) is 0 Å². The number of benzene rings is 1. The Morgan fingerprint density at radius 3 is 2.77 bits per heavy atom. The Morgan fingerprint density at radius 2 is 2.00 bits per heavy atom. The summed E-state index contributed by atoms with van der Waals surface area (Å²) < 4.78 is 17.8. The smallest absolute Gasteiger partial charge is 0.199 e. The van der Waals surface area contributed by atoms with Crippen molar-refractivity contribution in [3.05, 3.63) is 23.8 Å². The van der Waals surface area contributed by atoms with Crippen LogP contribution in [0.2, 0.25) is 0 Å². The molecule has 144 valence electrons. The van der Waals surface area contributed by atoms with Crippen LogP contribution in [-0.2, 0) is 4.74 Å². The summed E-state index contributed by atoms with van der Waals surface area (Å²) >= 11 is 0. The largest absolute Gasteiger partial charge is 0.489 e. The maximum absolute atomic E-state index is 12.7. The van der Waals surface area contributed by atoms with Crippen molar-refractivity contribution < 1.29 is 19.0 Å². The van der Waals surface area contributed by atoms with E-state index in [0.717, 1.165) is 44.5 Å². The molecule has 2 aliphatic rings. The number of hydrogen-bond acceptors (Lipinski definition) is 4. The van der Waals surface area contributed by atoms with Crippen molar-refractivity contribution in [2.75, 3.05) is 6.61 Å². The fourth-order valence-electron chi connectivity index (χ4n) is 3.77. The molecule has 4 heteroatoms. The van der Waals surface area contributed by atoms with Crippen molar-refractivity contribution in [1.82, 2.24) is 0 Å². The normalized spacial score (nSPS) is 25.5. The monoisotopic (exact) mass is 360 g/mol. The minimum atomic E-state index is -0.186. The number of fused-ring (bicyclic) bond motifs is 1. The van der Waals surface area contributed by atoms with Gasteiger partial charge < -0.3 is 14.2 Å². The van der Waals surface area contributed by atoms with Gasteiger partial charge in [0.05, 0.1) is 18.1 Å². The number of hydrogen-bond donors (Lipinski definition) is 0. The molecule has 3 atom stereocenters. The van der Waals surface area contributed by atoms with Crippen LogP contribution < -0.4 is 9.47 Å². The standard InChI is InChI=1S/C22H32O4/c1-3-4-5-6-7-10-19-16(2)22(23)18-13-12-17(15-20(18)26-19)25-21-11-8-9-14-24-21/h12-13,15-16,19,21H,3-11,14H2,1-2H3/t16-,19-,21?/m0/s1. The van der Waals surface area contributed by atoms with Gasteiger partial charge in [0, 0.05) is 12.5 Å². The molecule has 0 bridgehead atoms. The minimum absolute atomic E-state index is 0.0298. The van der Waals surface area contributed by atoms with Crippen LogP contribution >= 0.6 is 0 Å². The molecule has 1 aromatic carbocycles. The molecule has 0 spiro atoms. The summed E-state index contributed by atoms with van der Waals surface area (Å²) in [7, 11) is 0. The average Bonchev–Trinajstić information content (AvgIpc) is 2.66. The first-order valence-corrected chi connectivity index (χ1v) is 10.3. The number of rotatable bonds is 8. The predicted molar refractivity (Wildman–Crippen MR) is 102 cm³/mol. The lowest BCUT2D eigenvalue weighted by Gasteiger charge is -2.31. The zero-order valence-electron chi connectivity index (χ0n) is 16.2. The molecule has 26 heavy (non-hydrogen) atoms. The Labute approximate surface area is 157 Å². The number of carbonyl (C=O) groups excluding carboxylic acids is 1. The molecular weight excluding hydrogens is 328 g/mol. The van der Waals surface area contributed by atoms with Crippen LogP contribution in [0.25, 0.3) is 0 Å². The van der Waals surface area contributed by atoms with Gasteiger partial charge in [-0.3, -0.25) is 4.79 Å². The van der Waals surface area contributed by atoms with Gasteiger partial charge in [0.15, 0.2) is 12.1 Å². The van der Waals surface area contributed by atoms with Crippen molar-refractivity contribution in [1.29, 1.82) is 0 Å². The van der Waals surface area contributed by atoms with Crippen LogP contribution in [0, 0.1) is 5.92 Å². The Morgan fingerprint density at radius 1 is 1.15 bits per heavy atom. The third-order valence-electron chi connectivity index (χ3n) is 5.47. The Bertz CT molecular complexity index is 592. The van der Waals surface area contributed by atoms with E-state index in [4.69, 9.17) is 14.2 Å². The molecule has 0 aromatic heterocycles. The van der Waals surface area contributed by atoms with E-state index in [0.29, 0.717) is 11.3 Å². The lowest BCUT2D eigenvalue weighted by molar-refractivity contribution is -0.106. The fraction of sp³-hybridized carbons (Fsp3) is 0.682. The SMILES string of the molecule is CCCCCCC[C@@H]1Oc2cc(OC3CCCCO3)ccc2C(=O)[C@H]1C. The van der Waals surface area contributed by atoms with Gasteiger partial charge in [-0.05, 0) is 37.8 Å². The molecule has 1 fully saturated rings. The zero-order valence-corrected chi connectivity index (χ0v) is 16.2. The summed E-state index contributed by atoms with van der Waals surface area (Å²) in [5.41, 5.74) is 0.677. The van der Waals surface area contributed by atoms with Crippen molar-refractivity contribution in [2.45, 2.75) is 84.0 Å². The van der Waals surface area contributed by atoms with Crippen LogP contribution in [0.4, 0.5) is 0 Å². The zero-order chi connectivity index (χ0) is 18.4. The summed E-state index contributed by atoms with van der Waals surface area (Å²) in [5.74, 6) is 1.49. The highest BCUT2D eigenvalue weighted by Gasteiger charge is 2.34. The molecule has 1 unspecified atom stereocenters. The van der Waals surface area contributed by atoms with E-state index >= 15 is 0 Å². The summed E-state index contributed by atoms with van der Waals surface area (Å²) in [6.07, 6.45) is 9.98. The molecule has 2 aliphatic heterocycles. The van der Waals surface area contributed by atoms with E-state index < -0.39 is 0 Å². The summed E-state index contributed by atoms with van der Waals surface area (Å²) in [6, 6.07) is 5.56. The van der Waals surface area contributed by atoms with E-state index in [1.807, 2.05) is 25.1 Å². The third-order valence-corrected chi connectivity index (χ3v) is 5.47. The first-order valence-electron chi connectivity index (χ1n) is 10.3. The second-order valence-electron chi connectivity index (χ2n) is 7.58. The van der Waals surface area contributed by atoms with Crippen molar-refractivity contribution in [2.24, 2.45) is 5.92 Å². The van der Waals surface area contributed by atoms with Gasteiger partial charge in [-0.15, -0.1) is 0 Å². The summed E-state index contributed by atoms with van der Waals surface area (Å²) in [4.78, 5) is 12.7. The van der Waals surface area contributed by atoms with Gasteiger partial charge in [-0.25, -0.2) is 0 Å². The summed E-state index contributed by atoms with van der Waals surface area (Å²) in [6.45, 7) is 4.96. The molecular formula is C22H32O4. The number of ketones is 1. The molecule has 0 radical (unpaired) electrons. The Hall–Kier alpha value is -1.55. The number of Topliss-reactive ketones (excluding diaryl/α,β-unsaturated/α-hetero) is 1. The van der Waals surface area contributed by atoms with E-state index in [9.17, 15) is 4.79 Å². The highest BCUT2D eigenvalue weighted by molar-refractivity contribution is 6.01. The molecule has 1 saturated heterocycles. The van der Waals surface area contributed by atoms with E-state index in [1.165, 1.54) is 25.7 Å². The fourth-order valence-corrected chi connectivity index (χ4v) is 3.77. The Balaban J connectivity index is 1.62. The van der Waals surface area contributed by atoms with Crippen LogP contribution in [-0.4, -0.2) is 24.8 Å². The molecule has 0 N–H and O–H groups in total. The minimum Gasteiger partial charge on any atom is -0.489 e. The van der Waals surface area contributed by atoms with Crippen LogP contribution in [0.5, 0.6) is 11.5 Å². The lowest BCUT2D eigenvalue weighted by atomic mass is 9.88. The summed E-state index contributed by atoms with van der Waals surface area (Å²) in [5, 5.41) is 0. The van der Waals surface area contributed by atoms with Crippen LogP contribution in [0.1, 0.15) is 82.0 Å². The first-order chi connectivity index (χ1) is 12.7. The topological polar surface area (TPSA) is 44.8 Å². The Kier molecular flexibility index (Phi) is 6.95. The molecule has 0 aliphatic carbocycles. The van der Waals surface area contributed by atoms with E-state index in [-0.39, 0.29) is 24.1 Å². The highest BCUT2D eigenvalue weighted by Crippen LogP contribution is 2.36. The maximum Gasteiger partial charge on any atom is 0.199 e. The number of carbonyl (C=O) groups is 1. The lowest BCUT2D eigenvalue weighted by Crippen LogP contribution is -2.36. The van der Waals surface area contributed by atoms with Gasteiger partial charge >= 0.3 is 0 Å². The number of ether oxygens (including phenoxy) is 3. The van der Waals surface area contributed by atoms with Gasteiger partial charge in [-0.1, -0.05) is 39.5 Å². The molecule has 0 amide bonds. The van der Waals surface area contributed by atoms with Crippen molar-refractivity contribution >= 4 is 5.78 Å². The highest BCUT2D eigenvalue weighted by atomic mass is 16.7. The molecule has 2 heterocycles. The van der Waals surface area contributed by atoms with E-state index in [2.05, 4.69) is 6.92 Å². The van der Waals surface area contributed by atoms with Crippen molar-refractivity contribution in [3.8, 4) is 11.5 Å². The van der Waals surface area contributed by atoms with Crippen molar-refractivity contribution in [3.63, 3.8) is 0 Å². The predicted octanol–water partition coefficient (Wildman–Crippen LogP) is 5.53.